The Labute approximate surface area is 168 Å². The van der Waals surface area contributed by atoms with Crippen molar-refractivity contribution in [1.29, 1.82) is 0 Å². The first-order chi connectivity index (χ1) is 13.7. The summed E-state index contributed by atoms with van der Waals surface area (Å²) in [6.07, 6.45) is 4.95. The minimum atomic E-state index is -0.648. The maximum atomic E-state index is 11.2. The maximum absolute atomic E-state index is 11.2. The van der Waals surface area contributed by atoms with E-state index in [1.165, 1.54) is 18.4 Å². The fourth-order valence-electron chi connectivity index (χ4n) is 3.94. The van der Waals surface area contributed by atoms with Gasteiger partial charge in [-0.05, 0) is 55.6 Å². The number of hydrogen-bond donors (Lipinski definition) is 1. The molecule has 0 amide bonds. The number of carboxylic acid groups (broad SMARTS) is 1. The first-order valence-electron chi connectivity index (χ1n) is 10.4. The van der Waals surface area contributed by atoms with Crippen LogP contribution in [0.5, 0.6) is 5.75 Å². The van der Waals surface area contributed by atoms with E-state index in [2.05, 4.69) is 48.2 Å². The highest BCUT2D eigenvalue weighted by Gasteiger charge is 2.28. The molecule has 1 unspecified atom stereocenters. The van der Waals surface area contributed by atoms with E-state index in [1.807, 2.05) is 18.2 Å². The van der Waals surface area contributed by atoms with Gasteiger partial charge in [0.1, 0.15) is 12.4 Å². The van der Waals surface area contributed by atoms with Crippen molar-refractivity contribution in [1.82, 2.24) is 4.90 Å². The molecule has 3 rings (SSSR count). The molecule has 2 aromatic rings. The van der Waals surface area contributed by atoms with Crippen LogP contribution < -0.4 is 4.74 Å². The summed E-state index contributed by atoms with van der Waals surface area (Å²) in [6, 6.07) is 19.0. The smallest absolute Gasteiger partial charge is 0.306 e. The second-order valence-corrected chi connectivity index (χ2v) is 7.65. The molecule has 1 N–H and O–H groups in total. The van der Waals surface area contributed by atoms with Gasteiger partial charge < -0.3 is 9.84 Å². The summed E-state index contributed by atoms with van der Waals surface area (Å²) in [7, 11) is 0. The number of aliphatic carboxylic acids is 1. The highest BCUT2D eigenvalue weighted by Crippen LogP contribution is 2.32. The lowest BCUT2D eigenvalue weighted by Crippen LogP contribution is -2.38. The van der Waals surface area contributed by atoms with E-state index in [1.54, 1.807) is 0 Å². The van der Waals surface area contributed by atoms with E-state index in [0.29, 0.717) is 12.6 Å². The van der Waals surface area contributed by atoms with E-state index < -0.39 is 5.97 Å². The van der Waals surface area contributed by atoms with Crippen LogP contribution >= 0.6 is 0 Å². The van der Waals surface area contributed by atoms with Gasteiger partial charge in [0, 0.05) is 6.04 Å². The molecule has 1 heterocycles. The Morgan fingerprint density at radius 1 is 1.11 bits per heavy atom. The fraction of sp³-hybridized carbons (Fsp3) is 0.458. The molecule has 1 aliphatic heterocycles. The molecule has 0 aromatic heterocycles. The highest BCUT2D eigenvalue weighted by atomic mass is 16.5. The summed E-state index contributed by atoms with van der Waals surface area (Å²) < 4.78 is 5.91. The van der Waals surface area contributed by atoms with Crippen molar-refractivity contribution in [3.05, 3.63) is 65.7 Å². The minimum absolute atomic E-state index is 0.183. The number of benzene rings is 2. The predicted octanol–water partition coefficient (Wildman–Crippen LogP) is 5.29. The number of carbonyl (C=O) groups is 1. The van der Waals surface area contributed by atoms with Gasteiger partial charge in [-0.25, -0.2) is 0 Å². The Bertz CT molecular complexity index is 721. The largest absolute Gasteiger partial charge is 0.489 e. The van der Waals surface area contributed by atoms with Crippen molar-refractivity contribution in [2.75, 3.05) is 13.1 Å². The standard InChI is InChI=1S/C24H31NO3/c1-2-3-9-23(25-16-14-21(15-17-25)24(26)27)20-10-12-22(13-11-20)28-18-19-7-5-4-6-8-19/h4-8,10-13,21,23H,2-3,9,14-18H2,1H3,(H,26,27). The summed E-state index contributed by atoms with van der Waals surface area (Å²) in [5.41, 5.74) is 2.46. The molecule has 4 heteroatoms. The summed E-state index contributed by atoms with van der Waals surface area (Å²) in [5, 5.41) is 9.25. The number of rotatable bonds is 9. The van der Waals surface area contributed by atoms with Crippen LogP contribution in [0.25, 0.3) is 0 Å². The van der Waals surface area contributed by atoms with E-state index in [0.717, 1.165) is 43.7 Å². The van der Waals surface area contributed by atoms with Crippen molar-refractivity contribution in [2.24, 2.45) is 5.92 Å². The molecule has 0 aliphatic carbocycles. The summed E-state index contributed by atoms with van der Waals surface area (Å²) in [4.78, 5) is 13.7. The summed E-state index contributed by atoms with van der Waals surface area (Å²) >= 11 is 0. The van der Waals surface area contributed by atoms with Crippen molar-refractivity contribution in [2.45, 2.75) is 51.7 Å². The van der Waals surface area contributed by atoms with Gasteiger partial charge in [-0.1, -0.05) is 62.2 Å². The average molecular weight is 382 g/mol. The molecule has 1 atom stereocenters. The van der Waals surface area contributed by atoms with E-state index in [9.17, 15) is 9.90 Å². The van der Waals surface area contributed by atoms with Crippen LogP contribution in [0.3, 0.4) is 0 Å². The van der Waals surface area contributed by atoms with Gasteiger partial charge in [0.25, 0.3) is 0 Å². The molecule has 0 bridgehead atoms. The number of piperidine rings is 1. The molecular formula is C24H31NO3. The number of nitrogens with zero attached hydrogens (tertiary/aromatic N) is 1. The van der Waals surface area contributed by atoms with Gasteiger partial charge in [-0.15, -0.1) is 0 Å². The molecule has 0 radical (unpaired) electrons. The van der Waals surface area contributed by atoms with Crippen LogP contribution in [0.2, 0.25) is 0 Å². The average Bonchev–Trinajstić information content (AvgIpc) is 2.74. The molecule has 1 fully saturated rings. The first kappa shape index (κ1) is 20.4. The molecule has 150 valence electrons. The van der Waals surface area contributed by atoms with E-state index in [-0.39, 0.29) is 5.92 Å². The van der Waals surface area contributed by atoms with E-state index >= 15 is 0 Å². The third-order valence-corrected chi connectivity index (χ3v) is 5.66. The minimum Gasteiger partial charge on any atom is -0.489 e. The number of unbranched alkanes of at least 4 members (excludes halogenated alkanes) is 1. The lowest BCUT2D eigenvalue weighted by molar-refractivity contribution is -0.143. The van der Waals surface area contributed by atoms with Crippen LogP contribution in [-0.2, 0) is 11.4 Å². The molecule has 1 aliphatic rings. The Kier molecular flexibility index (Phi) is 7.49. The lowest BCUT2D eigenvalue weighted by atomic mass is 9.92. The molecule has 2 aromatic carbocycles. The number of hydrogen-bond acceptors (Lipinski definition) is 3. The summed E-state index contributed by atoms with van der Waals surface area (Å²) in [6.45, 7) is 4.51. The van der Waals surface area contributed by atoms with Gasteiger partial charge in [-0.2, -0.15) is 0 Å². The monoisotopic (exact) mass is 381 g/mol. The Morgan fingerprint density at radius 2 is 1.79 bits per heavy atom. The topological polar surface area (TPSA) is 49.8 Å². The lowest BCUT2D eigenvalue weighted by Gasteiger charge is -2.37. The molecule has 1 saturated heterocycles. The Hall–Kier alpha value is -2.33. The van der Waals surface area contributed by atoms with Crippen molar-refractivity contribution in [3.8, 4) is 5.75 Å². The number of ether oxygens (including phenoxy) is 1. The van der Waals surface area contributed by atoms with Gasteiger partial charge >= 0.3 is 5.97 Å². The highest BCUT2D eigenvalue weighted by molar-refractivity contribution is 5.70. The van der Waals surface area contributed by atoms with Crippen LogP contribution in [0.4, 0.5) is 0 Å². The Morgan fingerprint density at radius 3 is 2.39 bits per heavy atom. The zero-order valence-corrected chi connectivity index (χ0v) is 16.7. The molecular weight excluding hydrogens is 350 g/mol. The Balaban J connectivity index is 1.62. The number of likely N-dealkylation sites (tertiary alicyclic amines) is 1. The zero-order chi connectivity index (χ0) is 19.8. The fourth-order valence-corrected chi connectivity index (χ4v) is 3.94. The third-order valence-electron chi connectivity index (χ3n) is 5.66. The number of carboxylic acids is 1. The quantitative estimate of drug-likeness (QED) is 0.641. The van der Waals surface area contributed by atoms with Crippen LogP contribution in [0, 0.1) is 5.92 Å². The van der Waals surface area contributed by atoms with Crippen LogP contribution in [0.1, 0.15) is 56.2 Å². The third kappa shape index (κ3) is 5.59. The summed E-state index contributed by atoms with van der Waals surface area (Å²) in [5.74, 6) is 0.0490. The van der Waals surface area contributed by atoms with Gasteiger partial charge in [-0.3, -0.25) is 9.69 Å². The second-order valence-electron chi connectivity index (χ2n) is 7.65. The van der Waals surface area contributed by atoms with Gasteiger partial charge in [0.2, 0.25) is 0 Å². The maximum Gasteiger partial charge on any atom is 0.306 e. The zero-order valence-electron chi connectivity index (χ0n) is 16.7. The molecule has 28 heavy (non-hydrogen) atoms. The molecule has 0 spiro atoms. The van der Waals surface area contributed by atoms with Gasteiger partial charge in [0.05, 0.1) is 5.92 Å². The van der Waals surface area contributed by atoms with Gasteiger partial charge in [0.15, 0.2) is 0 Å². The van der Waals surface area contributed by atoms with Crippen molar-refractivity contribution < 1.29 is 14.6 Å². The van der Waals surface area contributed by atoms with E-state index in [4.69, 9.17) is 4.74 Å². The molecule has 0 saturated carbocycles. The second kappa shape index (κ2) is 10.3. The predicted molar refractivity (Wildman–Crippen MR) is 111 cm³/mol. The van der Waals surface area contributed by atoms with Crippen molar-refractivity contribution in [3.63, 3.8) is 0 Å². The van der Waals surface area contributed by atoms with Crippen LogP contribution in [-0.4, -0.2) is 29.1 Å². The van der Waals surface area contributed by atoms with Crippen LogP contribution in [0.15, 0.2) is 54.6 Å². The normalized spacial score (nSPS) is 16.6. The van der Waals surface area contributed by atoms with Crippen molar-refractivity contribution >= 4 is 5.97 Å². The SMILES string of the molecule is CCCCC(c1ccc(OCc2ccccc2)cc1)N1CCC(C(=O)O)CC1. The molecule has 4 nitrogen and oxygen atoms in total. The first-order valence-corrected chi connectivity index (χ1v) is 10.4.